The van der Waals surface area contributed by atoms with Gasteiger partial charge in [0.25, 0.3) is 0 Å². The van der Waals surface area contributed by atoms with E-state index in [2.05, 4.69) is 54.0 Å². The van der Waals surface area contributed by atoms with Crippen molar-refractivity contribution >= 4 is 33.4 Å². The van der Waals surface area contributed by atoms with E-state index < -0.39 is 0 Å². The second-order valence-electron chi connectivity index (χ2n) is 4.41. The zero-order chi connectivity index (χ0) is 13.1. The molecule has 2 rings (SSSR count). The maximum atomic E-state index is 5.89. The Labute approximate surface area is 121 Å². The average molecular weight is 322 g/mol. The number of hydrogen-bond acceptors (Lipinski definition) is 2. The summed E-state index contributed by atoms with van der Waals surface area (Å²) in [4.78, 5) is 1.34. The summed E-state index contributed by atoms with van der Waals surface area (Å²) in [7, 11) is 0. The molecule has 2 N–H and O–H groups in total. The Bertz CT molecular complexity index is 566. The van der Waals surface area contributed by atoms with Crippen molar-refractivity contribution < 1.29 is 0 Å². The van der Waals surface area contributed by atoms with Gasteiger partial charge in [-0.15, -0.1) is 11.8 Å². The van der Waals surface area contributed by atoms with Crippen molar-refractivity contribution in [3.8, 4) is 0 Å². The fraction of sp³-hybridized carbons (Fsp3) is 0.200. The third-order valence-corrected chi connectivity index (χ3v) is 4.75. The monoisotopic (exact) mass is 321 g/mol. The Hall–Kier alpha value is -0.930. The highest BCUT2D eigenvalue weighted by molar-refractivity contribution is 9.10. The molecular weight excluding hydrogens is 306 g/mol. The molecule has 2 aromatic rings. The van der Waals surface area contributed by atoms with Crippen LogP contribution in [0.15, 0.2) is 45.8 Å². The fourth-order valence-corrected chi connectivity index (χ4v) is 3.02. The summed E-state index contributed by atoms with van der Waals surface area (Å²) in [6.07, 6.45) is 0. The van der Waals surface area contributed by atoms with Crippen molar-refractivity contribution in [1.29, 1.82) is 0 Å². The van der Waals surface area contributed by atoms with E-state index in [9.17, 15) is 0 Å². The van der Waals surface area contributed by atoms with Gasteiger partial charge >= 0.3 is 0 Å². The number of hydrogen-bond donors (Lipinski definition) is 1. The highest BCUT2D eigenvalue weighted by Crippen LogP contribution is 2.29. The van der Waals surface area contributed by atoms with Crippen molar-refractivity contribution in [2.75, 3.05) is 5.73 Å². The Balaban J connectivity index is 2.11. The average Bonchev–Trinajstić information content (AvgIpc) is 2.34. The Morgan fingerprint density at radius 2 is 1.89 bits per heavy atom. The number of anilines is 1. The zero-order valence-electron chi connectivity index (χ0n) is 10.5. The minimum Gasteiger partial charge on any atom is -0.398 e. The van der Waals surface area contributed by atoms with Crippen LogP contribution in [0.25, 0.3) is 0 Å². The summed E-state index contributed by atoms with van der Waals surface area (Å²) in [5.41, 5.74) is 10.6. The maximum Gasteiger partial charge on any atom is 0.0461 e. The molecule has 2 aromatic carbocycles. The largest absolute Gasteiger partial charge is 0.398 e. The Morgan fingerprint density at radius 1 is 1.11 bits per heavy atom. The summed E-state index contributed by atoms with van der Waals surface area (Å²) in [5, 5.41) is 0. The molecule has 0 amide bonds. The van der Waals surface area contributed by atoms with E-state index in [1.807, 2.05) is 23.9 Å². The van der Waals surface area contributed by atoms with Gasteiger partial charge in [0.2, 0.25) is 0 Å². The molecule has 1 nitrogen and oxygen atoms in total. The first-order valence-electron chi connectivity index (χ1n) is 5.80. The summed E-state index contributed by atoms with van der Waals surface area (Å²) < 4.78 is 0.961. The summed E-state index contributed by atoms with van der Waals surface area (Å²) in [5.74, 6) is 0.946. The predicted molar refractivity (Wildman–Crippen MR) is 84.0 cm³/mol. The van der Waals surface area contributed by atoms with Crippen molar-refractivity contribution in [3.63, 3.8) is 0 Å². The van der Waals surface area contributed by atoms with Crippen LogP contribution in [0.5, 0.6) is 0 Å². The van der Waals surface area contributed by atoms with Crippen LogP contribution >= 0.6 is 27.7 Å². The lowest BCUT2D eigenvalue weighted by Gasteiger charge is -2.08. The zero-order valence-corrected chi connectivity index (χ0v) is 12.9. The number of thioether (sulfide) groups is 1. The SMILES string of the molecule is Cc1ccc(C)c(SCc2ccc(Br)c(N)c2)c1. The molecule has 0 bridgehead atoms. The highest BCUT2D eigenvalue weighted by atomic mass is 79.9. The van der Waals surface area contributed by atoms with Crippen LogP contribution in [-0.2, 0) is 5.75 Å². The first-order chi connectivity index (χ1) is 8.56. The van der Waals surface area contributed by atoms with Crippen LogP contribution in [0.2, 0.25) is 0 Å². The highest BCUT2D eigenvalue weighted by Gasteiger charge is 2.02. The van der Waals surface area contributed by atoms with Crippen molar-refractivity contribution in [3.05, 3.63) is 57.6 Å². The molecule has 0 saturated carbocycles. The van der Waals surface area contributed by atoms with E-state index in [-0.39, 0.29) is 0 Å². The molecule has 0 spiro atoms. The van der Waals surface area contributed by atoms with Crippen LogP contribution in [0.3, 0.4) is 0 Å². The maximum absolute atomic E-state index is 5.89. The lowest BCUT2D eigenvalue weighted by Crippen LogP contribution is -1.90. The number of aryl methyl sites for hydroxylation is 2. The molecule has 18 heavy (non-hydrogen) atoms. The molecule has 3 heteroatoms. The van der Waals surface area contributed by atoms with Gasteiger partial charge in [-0.2, -0.15) is 0 Å². The van der Waals surface area contributed by atoms with Gasteiger partial charge in [-0.05, 0) is 59.1 Å². The molecule has 0 unspecified atom stereocenters. The molecule has 0 aromatic heterocycles. The number of nitrogens with two attached hydrogens (primary N) is 1. The van der Waals surface area contributed by atoms with Gasteiger partial charge in [-0.3, -0.25) is 0 Å². The molecule has 0 radical (unpaired) electrons. The van der Waals surface area contributed by atoms with Crippen LogP contribution < -0.4 is 5.73 Å². The third-order valence-electron chi connectivity index (χ3n) is 2.80. The molecule has 0 atom stereocenters. The topological polar surface area (TPSA) is 26.0 Å². The number of rotatable bonds is 3. The third kappa shape index (κ3) is 3.30. The normalized spacial score (nSPS) is 10.6. The summed E-state index contributed by atoms with van der Waals surface area (Å²) in [6.45, 7) is 4.28. The van der Waals surface area contributed by atoms with Gasteiger partial charge in [0.05, 0.1) is 0 Å². The van der Waals surface area contributed by atoms with Gasteiger partial charge in [0.15, 0.2) is 0 Å². The standard InChI is InChI=1S/C15H16BrNS/c1-10-3-4-11(2)15(7-10)18-9-12-5-6-13(16)14(17)8-12/h3-8H,9,17H2,1-2H3. The minimum absolute atomic E-state index is 0.800. The van der Waals surface area contributed by atoms with Crippen LogP contribution in [0.1, 0.15) is 16.7 Å². The van der Waals surface area contributed by atoms with E-state index >= 15 is 0 Å². The fourth-order valence-electron chi connectivity index (χ4n) is 1.71. The van der Waals surface area contributed by atoms with Crippen molar-refractivity contribution in [1.82, 2.24) is 0 Å². The first kappa shape index (κ1) is 13.5. The van der Waals surface area contributed by atoms with Gasteiger partial charge in [0.1, 0.15) is 0 Å². The van der Waals surface area contributed by atoms with Crippen LogP contribution in [-0.4, -0.2) is 0 Å². The minimum atomic E-state index is 0.800. The molecule has 0 saturated heterocycles. The number of benzene rings is 2. The molecule has 0 aliphatic rings. The van der Waals surface area contributed by atoms with Crippen LogP contribution in [0.4, 0.5) is 5.69 Å². The first-order valence-corrected chi connectivity index (χ1v) is 7.58. The second kappa shape index (κ2) is 5.81. The lowest BCUT2D eigenvalue weighted by atomic mass is 10.2. The number of halogens is 1. The molecule has 0 heterocycles. The van der Waals surface area contributed by atoms with Crippen molar-refractivity contribution in [2.45, 2.75) is 24.5 Å². The van der Waals surface area contributed by atoms with E-state index in [0.717, 1.165) is 15.9 Å². The second-order valence-corrected chi connectivity index (χ2v) is 6.29. The molecule has 0 aliphatic heterocycles. The smallest absolute Gasteiger partial charge is 0.0461 e. The van der Waals surface area contributed by atoms with E-state index in [0.29, 0.717) is 0 Å². The molecule has 0 fully saturated rings. The Kier molecular flexibility index (Phi) is 4.36. The quantitative estimate of drug-likeness (QED) is 0.640. The molecule has 0 aliphatic carbocycles. The van der Waals surface area contributed by atoms with Crippen LogP contribution in [0, 0.1) is 13.8 Å². The predicted octanol–water partition coefficient (Wildman–Crippen LogP) is 4.94. The summed E-state index contributed by atoms with van der Waals surface area (Å²) >= 11 is 5.27. The molecular formula is C15H16BrNS. The number of nitrogen functional groups attached to an aromatic ring is 1. The lowest BCUT2D eigenvalue weighted by molar-refractivity contribution is 1.25. The van der Waals surface area contributed by atoms with Gasteiger partial charge < -0.3 is 5.73 Å². The van der Waals surface area contributed by atoms with Gasteiger partial charge in [-0.25, -0.2) is 0 Å². The van der Waals surface area contributed by atoms with E-state index in [1.54, 1.807) is 0 Å². The van der Waals surface area contributed by atoms with E-state index in [4.69, 9.17) is 5.73 Å². The van der Waals surface area contributed by atoms with E-state index in [1.165, 1.54) is 21.6 Å². The van der Waals surface area contributed by atoms with Crippen molar-refractivity contribution in [2.24, 2.45) is 0 Å². The van der Waals surface area contributed by atoms with Gasteiger partial charge in [-0.1, -0.05) is 23.8 Å². The van der Waals surface area contributed by atoms with Gasteiger partial charge in [0, 0.05) is 20.8 Å². The summed E-state index contributed by atoms with van der Waals surface area (Å²) in [6, 6.07) is 12.7. The molecule has 94 valence electrons. The Morgan fingerprint density at radius 3 is 2.61 bits per heavy atom.